The zero-order valence-corrected chi connectivity index (χ0v) is 15.6. The number of para-hydroxylation sites is 2. The third-order valence-electron chi connectivity index (χ3n) is 4.78. The Morgan fingerprint density at radius 3 is 2.63 bits per heavy atom. The van der Waals surface area contributed by atoms with Gasteiger partial charge in [0.1, 0.15) is 12.3 Å². The second-order valence-electron chi connectivity index (χ2n) is 6.38. The van der Waals surface area contributed by atoms with Gasteiger partial charge in [-0.05, 0) is 12.1 Å². The Hall–Kier alpha value is -2.71. The van der Waals surface area contributed by atoms with E-state index in [1.165, 1.54) is 0 Å². The molecule has 3 heterocycles. The van der Waals surface area contributed by atoms with Gasteiger partial charge in [0, 0.05) is 33.2 Å². The first-order valence-corrected chi connectivity index (χ1v) is 9.04. The summed E-state index contributed by atoms with van der Waals surface area (Å²) in [6.45, 7) is 1.76. The maximum Gasteiger partial charge on any atom is 0.248 e. The number of aromatic nitrogens is 4. The number of hydrogen-bond donors (Lipinski definition) is 1. The Morgan fingerprint density at radius 2 is 1.93 bits per heavy atom. The number of amides is 1. The van der Waals surface area contributed by atoms with E-state index in [9.17, 15) is 4.79 Å². The number of benzene rings is 1. The number of anilines is 1. The number of aliphatic hydroxyl groups excluding tert-OH is 1. The van der Waals surface area contributed by atoms with Crippen LogP contribution in [0.1, 0.15) is 0 Å². The number of nitrogens with zero attached hydrogens (tertiary/aromatic N) is 6. The van der Waals surface area contributed by atoms with Crippen molar-refractivity contribution in [3.8, 4) is 11.5 Å². The largest absolute Gasteiger partial charge is 0.387 e. The van der Waals surface area contributed by atoms with E-state index in [1.54, 1.807) is 11.1 Å². The van der Waals surface area contributed by atoms with Crippen LogP contribution in [0.25, 0.3) is 22.6 Å². The van der Waals surface area contributed by atoms with Gasteiger partial charge in [-0.1, -0.05) is 23.7 Å². The molecular formula is C18H19ClN6O2. The molecule has 1 N–H and O–H groups in total. The van der Waals surface area contributed by atoms with Crippen molar-refractivity contribution in [2.75, 3.05) is 37.7 Å². The monoisotopic (exact) mass is 386 g/mol. The van der Waals surface area contributed by atoms with E-state index in [0.29, 0.717) is 48.7 Å². The van der Waals surface area contributed by atoms with Crippen LogP contribution < -0.4 is 4.90 Å². The van der Waals surface area contributed by atoms with Gasteiger partial charge in [-0.15, -0.1) is 0 Å². The molecule has 4 rings (SSSR count). The van der Waals surface area contributed by atoms with Gasteiger partial charge in [0.15, 0.2) is 5.82 Å². The van der Waals surface area contributed by atoms with E-state index in [4.69, 9.17) is 16.7 Å². The molecule has 3 aromatic rings. The lowest BCUT2D eigenvalue weighted by molar-refractivity contribution is -0.134. The summed E-state index contributed by atoms with van der Waals surface area (Å²) in [6, 6.07) is 7.86. The van der Waals surface area contributed by atoms with Crippen LogP contribution in [0.4, 0.5) is 5.95 Å². The Balaban J connectivity index is 1.64. The lowest BCUT2D eigenvalue weighted by Crippen LogP contribution is -2.50. The molecule has 0 bridgehead atoms. The highest BCUT2D eigenvalue weighted by Crippen LogP contribution is 2.29. The van der Waals surface area contributed by atoms with Gasteiger partial charge >= 0.3 is 0 Å². The molecule has 1 aliphatic rings. The number of halogens is 1. The number of fused-ring (bicyclic) bond motifs is 1. The standard InChI is InChI=1S/C18H19ClN6O2/c1-23-14-5-3-2-4-13(14)21-17(23)16-12(19)10-20-18(22-16)25-8-6-24(7-9-25)15(27)11-26/h2-5,10,26H,6-9,11H2,1H3. The van der Waals surface area contributed by atoms with E-state index < -0.39 is 6.61 Å². The van der Waals surface area contributed by atoms with Crippen molar-refractivity contribution < 1.29 is 9.90 Å². The molecule has 27 heavy (non-hydrogen) atoms. The number of imidazole rings is 1. The maximum absolute atomic E-state index is 11.6. The molecule has 2 aromatic heterocycles. The summed E-state index contributed by atoms with van der Waals surface area (Å²) in [7, 11) is 1.93. The Morgan fingerprint density at radius 1 is 1.19 bits per heavy atom. The SMILES string of the molecule is Cn1c(-c2nc(N3CCN(C(=O)CO)CC3)ncc2Cl)nc2ccccc21. The van der Waals surface area contributed by atoms with Crippen molar-refractivity contribution in [2.24, 2.45) is 7.05 Å². The number of piperazine rings is 1. The minimum atomic E-state index is -0.464. The molecular weight excluding hydrogens is 368 g/mol. The molecule has 1 saturated heterocycles. The van der Waals surface area contributed by atoms with Gasteiger partial charge in [0.2, 0.25) is 11.9 Å². The van der Waals surface area contributed by atoms with Crippen LogP contribution in [-0.4, -0.2) is 68.2 Å². The summed E-state index contributed by atoms with van der Waals surface area (Å²) >= 11 is 6.38. The average Bonchev–Trinajstić information content (AvgIpc) is 3.04. The van der Waals surface area contributed by atoms with E-state index in [-0.39, 0.29) is 5.91 Å². The summed E-state index contributed by atoms with van der Waals surface area (Å²) in [5.41, 5.74) is 2.46. The van der Waals surface area contributed by atoms with E-state index in [2.05, 4.69) is 15.0 Å². The second kappa shape index (κ2) is 7.13. The molecule has 0 saturated carbocycles. The minimum Gasteiger partial charge on any atom is -0.387 e. The van der Waals surface area contributed by atoms with E-state index in [1.807, 2.05) is 40.8 Å². The smallest absolute Gasteiger partial charge is 0.248 e. The van der Waals surface area contributed by atoms with Gasteiger partial charge in [-0.25, -0.2) is 15.0 Å². The van der Waals surface area contributed by atoms with Gasteiger partial charge in [0.05, 0.1) is 22.3 Å². The van der Waals surface area contributed by atoms with E-state index in [0.717, 1.165) is 11.0 Å². The van der Waals surface area contributed by atoms with Crippen LogP contribution in [0.5, 0.6) is 0 Å². The highest BCUT2D eigenvalue weighted by Gasteiger charge is 2.23. The molecule has 0 radical (unpaired) electrons. The molecule has 0 spiro atoms. The fourth-order valence-electron chi connectivity index (χ4n) is 3.28. The molecule has 1 amide bonds. The van der Waals surface area contributed by atoms with Crippen molar-refractivity contribution in [3.63, 3.8) is 0 Å². The van der Waals surface area contributed by atoms with Gasteiger partial charge in [-0.3, -0.25) is 4.79 Å². The van der Waals surface area contributed by atoms with Crippen molar-refractivity contribution in [1.82, 2.24) is 24.4 Å². The Bertz CT molecular complexity index is 997. The maximum atomic E-state index is 11.6. The van der Waals surface area contributed by atoms with E-state index >= 15 is 0 Å². The van der Waals surface area contributed by atoms with Gasteiger partial charge in [0.25, 0.3) is 0 Å². The Kier molecular flexibility index (Phi) is 4.67. The zero-order chi connectivity index (χ0) is 19.0. The van der Waals surface area contributed by atoms with Crippen molar-refractivity contribution in [1.29, 1.82) is 0 Å². The second-order valence-corrected chi connectivity index (χ2v) is 6.78. The topological polar surface area (TPSA) is 87.4 Å². The minimum absolute atomic E-state index is 0.257. The van der Waals surface area contributed by atoms with Crippen LogP contribution in [0.3, 0.4) is 0 Å². The fourth-order valence-corrected chi connectivity index (χ4v) is 3.46. The molecule has 140 valence electrons. The molecule has 8 nitrogen and oxygen atoms in total. The average molecular weight is 387 g/mol. The normalized spacial score (nSPS) is 14.8. The molecule has 0 atom stereocenters. The molecule has 1 aliphatic heterocycles. The lowest BCUT2D eigenvalue weighted by atomic mass is 10.3. The van der Waals surface area contributed by atoms with Gasteiger partial charge in [-0.2, -0.15) is 0 Å². The van der Waals surface area contributed by atoms with Crippen molar-refractivity contribution in [3.05, 3.63) is 35.5 Å². The van der Waals surface area contributed by atoms with Crippen LogP contribution in [0.2, 0.25) is 5.02 Å². The zero-order valence-electron chi connectivity index (χ0n) is 14.8. The van der Waals surface area contributed by atoms with Crippen LogP contribution in [0.15, 0.2) is 30.5 Å². The third kappa shape index (κ3) is 3.22. The summed E-state index contributed by atoms with van der Waals surface area (Å²) in [5, 5.41) is 9.43. The Labute approximate surface area is 161 Å². The van der Waals surface area contributed by atoms with Crippen LogP contribution in [-0.2, 0) is 11.8 Å². The summed E-state index contributed by atoms with van der Waals surface area (Å²) in [5.74, 6) is 0.976. The number of carbonyl (C=O) groups is 1. The summed E-state index contributed by atoms with van der Waals surface area (Å²) < 4.78 is 1.96. The van der Waals surface area contributed by atoms with Crippen LogP contribution >= 0.6 is 11.6 Å². The number of rotatable bonds is 3. The first-order chi connectivity index (χ1) is 13.1. The van der Waals surface area contributed by atoms with Crippen molar-refractivity contribution >= 4 is 34.5 Å². The number of carbonyl (C=O) groups excluding carboxylic acids is 1. The fraction of sp³-hybridized carbons (Fsp3) is 0.333. The molecule has 9 heteroatoms. The van der Waals surface area contributed by atoms with Crippen molar-refractivity contribution in [2.45, 2.75) is 0 Å². The highest BCUT2D eigenvalue weighted by atomic mass is 35.5. The first-order valence-electron chi connectivity index (χ1n) is 8.66. The molecule has 1 fully saturated rings. The summed E-state index contributed by atoms with van der Waals surface area (Å²) in [6.07, 6.45) is 1.59. The molecule has 1 aromatic carbocycles. The van der Waals surface area contributed by atoms with Gasteiger partial charge < -0.3 is 19.5 Å². The number of hydrogen-bond acceptors (Lipinski definition) is 6. The first kappa shape index (κ1) is 17.7. The molecule has 0 unspecified atom stereocenters. The molecule has 0 aliphatic carbocycles. The number of aliphatic hydroxyl groups is 1. The third-order valence-corrected chi connectivity index (χ3v) is 5.06. The number of aryl methyl sites for hydroxylation is 1. The predicted molar refractivity (Wildman–Crippen MR) is 103 cm³/mol. The lowest BCUT2D eigenvalue weighted by Gasteiger charge is -2.34. The predicted octanol–water partition coefficient (Wildman–Crippen LogP) is 1.32. The highest BCUT2D eigenvalue weighted by molar-refractivity contribution is 6.32. The summed E-state index contributed by atoms with van der Waals surface area (Å²) in [4.78, 5) is 28.9. The quantitative estimate of drug-likeness (QED) is 0.730. The van der Waals surface area contributed by atoms with Crippen LogP contribution in [0, 0.1) is 0 Å².